The van der Waals surface area contributed by atoms with Crippen molar-refractivity contribution < 1.29 is 22.4 Å². The number of nitrogens with one attached hydrogen (secondary N) is 1. The van der Waals surface area contributed by atoms with Crippen molar-refractivity contribution in [3.8, 4) is 5.75 Å². The summed E-state index contributed by atoms with van der Waals surface area (Å²) in [6.07, 6.45) is 2.92. The smallest absolute Gasteiger partial charge is 0.255 e. The standard InChI is InChI=1S/C22H23N3O5S/c1-2-29-19-12-10-18(11-13-19)15-23-24-22(26)17-25(16-20-7-6-14-30-20)31(27,28)21-8-4-3-5-9-21/h3-15H,2,16-17H2,1H3,(H,24,26)/b23-15-. The third kappa shape index (κ3) is 6.27. The number of carbonyl (C=O) groups excluding carboxylic acids is 1. The normalized spacial score (nSPS) is 11.7. The van der Waals surface area contributed by atoms with E-state index in [0.29, 0.717) is 12.4 Å². The van der Waals surface area contributed by atoms with Crippen molar-refractivity contribution in [2.45, 2.75) is 18.4 Å². The molecule has 9 heteroatoms. The highest BCUT2D eigenvalue weighted by molar-refractivity contribution is 7.89. The molecule has 3 rings (SSSR count). The van der Waals surface area contributed by atoms with Crippen LogP contribution in [0.4, 0.5) is 0 Å². The molecule has 0 fully saturated rings. The molecule has 0 saturated carbocycles. The molecule has 0 atom stereocenters. The Morgan fingerprint density at radius 1 is 1.10 bits per heavy atom. The van der Waals surface area contributed by atoms with Gasteiger partial charge in [-0.25, -0.2) is 13.8 Å². The molecule has 1 heterocycles. The predicted octanol–water partition coefficient (Wildman–Crippen LogP) is 3.02. The molecule has 2 aromatic carbocycles. The van der Waals surface area contributed by atoms with Crippen LogP contribution < -0.4 is 10.2 Å². The Morgan fingerprint density at radius 2 is 1.84 bits per heavy atom. The summed E-state index contributed by atoms with van der Waals surface area (Å²) in [6.45, 7) is 1.97. The van der Waals surface area contributed by atoms with Gasteiger partial charge in [-0.3, -0.25) is 4.79 Å². The molecule has 0 aliphatic heterocycles. The lowest BCUT2D eigenvalue weighted by Crippen LogP contribution is -2.38. The summed E-state index contributed by atoms with van der Waals surface area (Å²) in [4.78, 5) is 12.5. The van der Waals surface area contributed by atoms with Gasteiger partial charge in [0.1, 0.15) is 11.5 Å². The molecule has 1 N–H and O–H groups in total. The first-order valence-electron chi connectivity index (χ1n) is 9.61. The van der Waals surface area contributed by atoms with E-state index >= 15 is 0 Å². The van der Waals surface area contributed by atoms with Gasteiger partial charge in [-0.1, -0.05) is 18.2 Å². The van der Waals surface area contributed by atoms with E-state index < -0.39 is 22.5 Å². The summed E-state index contributed by atoms with van der Waals surface area (Å²) in [5, 5.41) is 3.91. The van der Waals surface area contributed by atoms with Gasteiger partial charge in [-0.15, -0.1) is 0 Å². The van der Waals surface area contributed by atoms with Gasteiger partial charge in [-0.2, -0.15) is 9.41 Å². The number of carbonyl (C=O) groups is 1. The van der Waals surface area contributed by atoms with E-state index in [1.54, 1.807) is 54.6 Å². The number of sulfonamides is 1. The molecule has 1 aromatic heterocycles. The maximum Gasteiger partial charge on any atom is 0.255 e. The van der Waals surface area contributed by atoms with Crippen LogP contribution in [0, 0.1) is 0 Å². The quantitative estimate of drug-likeness (QED) is 0.385. The first-order valence-corrected chi connectivity index (χ1v) is 11.1. The summed E-state index contributed by atoms with van der Waals surface area (Å²) >= 11 is 0. The molecule has 0 bridgehead atoms. The summed E-state index contributed by atoms with van der Waals surface area (Å²) in [6, 6.07) is 18.4. The molecule has 0 aliphatic carbocycles. The zero-order valence-electron chi connectivity index (χ0n) is 17.0. The number of hydrogen-bond acceptors (Lipinski definition) is 6. The van der Waals surface area contributed by atoms with Crippen molar-refractivity contribution in [2.75, 3.05) is 13.2 Å². The number of furan rings is 1. The molecule has 0 aliphatic rings. The topological polar surface area (TPSA) is 101 Å². The molecule has 0 unspecified atom stereocenters. The van der Waals surface area contributed by atoms with Crippen molar-refractivity contribution in [3.05, 3.63) is 84.3 Å². The number of nitrogens with zero attached hydrogens (tertiary/aromatic N) is 2. The Hall–Kier alpha value is -3.43. The van der Waals surface area contributed by atoms with Gasteiger partial charge in [0, 0.05) is 0 Å². The molecule has 3 aromatic rings. The van der Waals surface area contributed by atoms with E-state index in [-0.39, 0.29) is 11.4 Å². The highest BCUT2D eigenvalue weighted by Crippen LogP contribution is 2.18. The molecule has 1 amide bonds. The third-order valence-electron chi connectivity index (χ3n) is 4.21. The van der Waals surface area contributed by atoms with Crippen molar-refractivity contribution in [2.24, 2.45) is 5.10 Å². The molecule has 31 heavy (non-hydrogen) atoms. The Bertz CT molecular complexity index is 1100. The average molecular weight is 442 g/mol. The van der Waals surface area contributed by atoms with Crippen LogP contribution in [0.25, 0.3) is 0 Å². The maximum absolute atomic E-state index is 13.0. The van der Waals surface area contributed by atoms with Crippen LogP contribution >= 0.6 is 0 Å². The number of rotatable bonds is 10. The Labute approximate surface area is 181 Å². The van der Waals surface area contributed by atoms with Gasteiger partial charge in [0.25, 0.3) is 5.91 Å². The number of hydrazone groups is 1. The summed E-state index contributed by atoms with van der Waals surface area (Å²) in [5.74, 6) is 0.585. The van der Waals surface area contributed by atoms with Crippen LogP contribution in [0.2, 0.25) is 0 Å². The first-order chi connectivity index (χ1) is 15.0. The van der Waals surface area contributed by atoms with Gasteiger partial charge in [-0.05, 0) is 61.0 Å². The van der Waals surface area contributed by atoms with E-state index in [4.69, 9.17) is 9.15 Å². The van der Waals surface area contributed by atoms with Gasteiger partial charge < -0.3 is 9.15 Å². The summed E-state index contributed by atoms with van der Waals surface area (Å²) in [5.41, 5.74) is 3.12. The van der Waals surface area contributed by atoms with E-state index in [0.717, 1.165) is 15.6 Å². The Morgan fingerprint density at radius 3 is 2.48 bits per heavy atom. The average Bonchev–Trinajstić information content (AvgIpc) is 3.28. The fourth-order valence-corrected chi connectivity index (χ4v) is 4.12. The van der Waals surface area contributed by atoms with Crippen LogP contribution in [0.3, 0.4) is 0 Å². The van der Waals surface area contributed by atoms with E-state index in [9.17, 15) is 13.2 Å². The number of ether oxygens (including phenoxy) is 1. The number of benzene rings is 2. The van der Waals surface area contributed by atoms with Gasteiger partial charge in [0.15, 0.2) is 0 Å². The fourth-order valence-electron chi connectivity index (χ4n) is 2.73. The van der Waals surface area contributed by atoms with Gasteiger partial charge >= 0.3 is 0 Å². The Balaban J connectivity index is 1.68. The van der Waals surface area contributed by atoms with Crippen LogP contribution in [0.1, 0.15) is 18.2 Å². The molecule has 0 radical (unpaired) electrons. The predicted molar refractivity (Wildman–Crippen MR) is 116 cm³/mol. The molecule has 162 valence electrons. The Kier molecular flexibility index (Phi) is 7.58. The lowest BCUT2D eigenvalue weighted by molar-refractivity contribution is -0.121. The number of hydrogen-bond donors (Lipinski definition) is 1. The van der Waals surface area contributed by atoms with Crippen molar-refractivity contribution in [3.63, 3.8) is 0 Å². The highest BCUT2D eigenvalue weighted by Gasteiger charge is 2.27. The van der Waals surface area contributed by atoms with Crippen molar-refractivity contribution in [1.29, 1.82) is 0 Å². The van der Waals surface area contributed by atoms with Crippen LogP contribution in [-0.4, -0.2) is 38.0 Å². The molecule has 0 saturated heterocycles. The van der Waals surface area contributed by atoms with E-state index in [1.807, 2.05) is 6.92 Å². The monoisotopic (exact) mass is 441 g/mol. The highest BCUT2D eigenvalue weighted by atomic mass is 32.2. The zero-order chi connectivity index (χ0) is 22.1. The second-order valence-electron chi connectivity index (χ2n) is 6.46. The minimum atomic E-state index is -3.91. The van der Waals surface area contributed by atoms with Crippen LogP contribution in [0.15, 0.2) is 87.4 Å². The molecule has 0 spiro atoms. The second kappa shape index (κ2) is 10.6. The fraction of sp³-hybridized carbons (Fsp3) is 0.182. The van der Waals surface area contributed by atoms with E-state index in [2.05, 4.69) is 10.5 Å². The maximum atomic E-state index is 13.0. The van der Waals surface area contributed by atoms with Gasteiger partial charge in [0.05, 0.1) is 37.1 Å². The summed E-state index contributed by atoms with van der Waals surface area (Å²) < 4.78 is 37.7. The van der Waals surface area contributed by atoms with Gasteiger partial charge in [0.2, 0.25) is 10.0 Å². The number of amides is 1. The third-order valence-corrected chi connectivity index (χ3v) is 6.01. The van der Waals surface area contributed by atoms with Crippen molar-refractivity contribution >= 4 is 22.1 Å². The first kappa shape index (κ1) is 22.3. The zero-order valence-corrected chi connectivity index (χ0v) is 17.8. The van der Waals surface area contributed by atoms with Crippen LogP contribution in [-0.2, 0) is 21.4 Å². The molecular formula is C22H23N3O5S. The molecule has 8 nitrogen and oxygen atoms in total. The minimum Gasteiger partial charge on any atom is -0.494 e. The van der Waals surface area contributed by atoms with Crippen LogP contribution in [0.5, 0.6) is 5.75 Å². The van der Waals surface area contributed by atoms with Crippen molar-refractivity contribution in [1.82, 2.24) is 9.73 Å². The largest absolute Gasteiger partial charge is 0.494 e. The second-order valence-corrected chi connectivity index (χ2v) is 8.40. The minimum absolute atomic E-state index is 0.0831. The lowest BCUT2D eigenvalue weighted by atomic mass is 10.2. The summed E-state index contributed by atoms with van der Waals surface area (Å²) in [7, 11) is -3.91. The van der Waals surface area contributed by atoms with E-state index in [1.165, 1.54) is 24.6 Å². The lowest BCUT2D eigenvalue weighted by Gasteiger charge is -2.20. The molecular weight excluding hydrogens is 418 g/mol. The SMILES string of the molecule is CCOc1ccc(/C=N\NC(=O)CN(Cc2ccco2)S(=O)(=O)c2ccccc2)cc1.